The van der Waals surface area contributed by atoms with Crippen LogP contribution in [0.25, 0.3) is 11.3 Å². The molecule has 0 aliphatic carbocycles. The van der Waals surface area contributed by atoms with E-state index in [1.54, 1.807) is 30.5 Å². The molecule has 1 amide bonds. The molecule has 0 saturated carbocycles. The molecule has 0 aliphatic heterocycles. The van der Waals surface area contributed by atoms with E-state index >= 15 is 0 Å². The number of rotatable bonds is 10. The Balaban J connectivity index is 1.46. The number of nitrogens with zero attached hydrogens (tertiary/aromatic N) is 3. The van der Waals surface area contributed by atoms with Crippen molar-refractivity contribution in [1.29, 1.82) is 0 Å². The van der Waals surface area contributed by atoms with Crippen molar-refractivity contribution in [2.75, 3.05) is 23.8 Å². The van der Waals surface area contributed by atoms with E-state index in [-0.39, 0.29) is 36.6 Å². The van der Waals surface area contributed by atoms with Gasteiger partial charge in [-0.15, -0.1) is 0 Å². The van der Waals surface area contributed by atoms with Gasteiger partial charge in [0.15, 0.2) is 11.6 Å². The van der Waals surface area contributed by atoms with Gasteiger partial charge in [0.2, 0.25) is 0 Å². The molecule has 208 valence electrons. The largest absolute Gasteiger partial charge is 0.417 e. The van der Waals surface area contributed by atoms with Gasteiger partial charge in [0, 0.05) is 31.4 Å². The quantitative estimate of drug-likeness (QED) is 0.207. The monoisotopic (exact) mass is 558 g/mol. The number of amides is 1. The molecule has 0 atom stereocenters. The van der Waals surface area contributed by atoms with E-state index in [1.807, 2.05) is 0 Å². The lowest BCUT2D eigenvalue weighted by Gasteiger charge is -2.15. The van der Waals surface area contributed by atoms with Crippen LogP contribution in [0.1, 0.15) is 27.0 Å². The number of hydrogen-bond donors (Lipinski definition) is 4. The summed E-state index contributed by atoms with van der Waals surface area (Å²) in [6, 6.07) is 10.8. The molecule has 4 rings (SSSR count). The SMILES string of the molecule is O=C(NCc1ccc(F)c(F)c1)c1cc(C(F)(F)F)cnc1NCc1ccc(-c2cnc(NCCO)cn2)cc1. The Morgan fingerprint density at radius 1 is 0.825 bits per heavy atom. The van der Waals surface area contributed by atoms with E-state index < -0.39 is 29.3 Å². The second kappa shape index (κ2) is 12.5. The van der Waals surface area contributed by atoms with E-state index in [1.165, 1.54) is 12.3 Å². The Labute approximate surface area is 225 Å². The zero-order chi connectivity index (χ0) is 28.7. The van der Waals surface area contributed by atoms with Crippen LogP contribution in [0.4, 0.5) is 33.6 Å². The first-order chi connectivity index (χ1) is 19.1. The molecule has 2 heterocycles. The molecular formula is C27H23F5N6O2. The maximum absolute atomic E-state index is 13.5. The average molecular weight is 559 g/mol. The molecule has 13 heteroatoms. The highest BCUT2D eigenvalue weighted by Crippen LogP contribution is 2.31. The molecule has 0 bridgehead atoms. The molecule has 0 radical (unpaired) electrons. The molecular weight excluding hydrogens is 535 g/mol. The van der Waals surface area contributed by atoms with Crippen molar-refractivity contribution in [3.63, 3.8) is 0 Å². The van der Waals surface area contributed by atoms with Gasteiger partial charge in [-0.1, -0.05) is 30.3 Å². The van der Waals surface area contributed by atoms with Crippen molar-refractivity contribution in [3.8, 4) is 11.3 Å². The molecule has 2 aromatic carbocycles. The molecule has 2 aromatic heterocycles. The van der Waals surface area contributed by atoms with Crippen molar-refractivity contribution in [2.24, 2.45) is 0 Å². The number of benzene rings is 2. The minimum atomic E-state index is -4.73. The van der Waals surface area contributed by atoms with Crippen LogP contribution < -0.4 is 16.0 Å². The number of aliphatic hydroxyl groups excluding tert-OH is 1. The van der Waals surface area contributed by atoms with Gasteiger partial charge >= 0.3 is 6.18 Å². The normalized spacial score (nSPS) is 11.2. The summed E-state index contributed by atoms with van der Waals surface area (Å²) in [6.45, 7) is 0.206. The Hall–Kier alpha value is -4.65. The van der Waals surface area contributed by atoms with Gasteiger partial charge < -0.3 is 21.1 Å². The molecule has 0 saturated heterocycles. The third-order valence-corrected chi connectivity index (χ3v) is 5.68. The molecule has 8 nitrogen and oxygen atoms in total. The van der Waals surface area contributed by atoms with Crippen molar-refractivity contribution >= 4 is 17.5 Å². The summed E-state index contributed by atoms with van der Waals surface area (Å²) in [5.41, 5.74) is 0.877. The molecule has 4 N–H and O–H groups in total. The number of nitrogens with one attached hydrogen (secondary N) is 3. The lowest BCUT2D eigenvalue weighted by molar-refractivity contribution is -0.137. The Morgan fingerprint density at radius 3 is 2.23 bits per heavy atom. The molecule has 4 aromatic rings. The number of alkyl halides is 3. The minimum absolute atomic E-state index is 0.0374. The van der Waals surface area contributed by atoms with Gasteiger partial charge in [0.25, 0.3) is 5.91 Å². The third-order valence-electron chi connectivity index (χ3n) is 5.68. The number of aromatic nitrogens is 3. The van der Waals surface area contributed by atoms with Gasteiger partial charge in [0.1, 0.15) is 11.6 Å². The van der Waals surface area contributed by atoms with E-state index in [2.05, 4.69) is 30.9 Å². The first kappa shape index (κ1) is 28.4. The van der Waals surface area contributed by atoms with Crippen LogP contribution in [-0.2, 0) is 19.3 Å². The average Bonchev–Trinajstić information content (AvgIpc) is 2.95. The second-order valence-corrected chi connectivity index (χ2v) is 8.54. The van der Waals surface area contributed by atoms with Gasteiger partial charge in [-0.2, -0.15) is 13.2 Å². The minimum Gasteiger partial charge on any atom is -0.395 e. The third kappa shape index (κ3) is 7.26. The summed E-state index contributed by atoms with van der Waals surface area (Å²) in [5, 5.41) is 17.1. The van der Waals surface area contributed by atoms with E-state index in [0.717, 1.165) is 23.3 Å². The highest BCUT2D eigenvalue weighted by atomic mass is 19.4. The van der Waals surface area contributed by atoms with Crippen LogP contribution in [0.3, 0.4) is 0 Å². The van der Waals surface area contributed by atoms with Gasteiger partial charge in [-0.05, 0) is 29.3 Å². The number of pyridine rings is 1. The molecule has 0 aliphatic rings. The maximum atomic E-state index is 13.5. The number of carbonyl (C=O) groups is 1. The van der Waals surface area contributed by atoms with Crippen LogP contribution in [0.15, 0.2) is 67.1 Å². The lowest BCUT2D eigenvalue weighted by Crippen LogP contribution is -2.25. The molecule has 0 spiro atoms. The number of anilines is 2. The highest BCUT2D eigenvalue weighted by molar-refractivity contribution is 5.98. The summed E-state index contributed by atoms with van der Waals surface area (Å²) in [7, 11) is 0. The second-order valence-electron chi connectivity index (χ2n) is 8.54. The zero-order valence-electron chi connectivity index (χ0n) is 20.8. The number of aliphatic hydroxyl groups is 1. The van der Waals surface area contributed by atoms with Gasteiger partial charge in [-0.3, -0.25) is 9.78 Å². The summed E-state index contributed by atoms with van der Waals surface area (Å²) < 4.78 is 66.5. The molecule has 0 fully saturated rings. The topological polar surface area (TPSA) is 112 Å². The first-order valence-electron chi connectivity index (χ1n) is 11.9. The van der Waals surface area contributed by atoms with Crippen molar-refractivity contribution in [2.45, 2.75) is 19.3 Å². The summed E-state index contributed by atoms with van der Waals surface area (Å²) in [5.74, 6) is -2.62. The van der Waals surface area contributed by atoms with Crippen LogP contribution in [-0.4, -0.2) is 39.1 Å². The highest BCUT2D eigenvalue weighted by Gasteiger charge is 2.32. The predicted octanol–water partition coefficient (Wildman–Crippen LogP) is 4.78. The van der Waals surface area contributed by atoms with Crippen molar-refractivity contribution in [1.82, 2.24) is 20.3 Å². The van der Waals surface area contributed by atoms with Crippen LogP contribution in [0.5, 0.6) is 0 Å². The fourth-order valence-electron chi connectivity index (χ4n) is 3.59. The van der Waals surface area contributed by atoms with E-state index in [0.29, 0.717) is 30.3 Å². The first-order valence-corrected chi connectivity index (χ1v) is 11.9. The van der Waals surface area contributed by atoms with Crippen LogP contribution in [0.2, 0.25) is 0 Å². The zero-order valence-corrected chi connectivity index (χ0v) is 20.8. The van der Waals surface area contributed by atoms with Gasteiger partial charge in [-0.25, -0.2) is 18.7 Å². The van der Waals surface area contributed by atoms with Crippen LogP contribution in [0, 0.1) is 11.6 Å². The predicted molar refractivity (Wildman–Crippen MR) is 137 cm³/mol. The Kier molecular flexibility index (Phi) is 8.84. The summed E-state index contributed by atoms with van der Waals surface area (Å²) >= 11 is 0. The standard InChI is InChI=1S/C27H23F5N6O2/c28-21-6-3-17(9-22(21)29)12-38-26(40)20-10-19(27(30,31)32)13-37-25(20)36-11-16-1-4-18(5-2-16)23-14-35-24(15-34-23)33-7-8-39/h1-6,9-10,13-15,39H,7-8,11-12H2,(H,33,35)(H,36,37)(H,38,40). The van der Waals surface area contributed by atoms with Crippen molar-refractivity contribution < 1.29 is 31.9 Å². The Bertz CT molecular complexity index is 1460. The molecule has 40 heavy (non-hydrogen) atoms. The van der Waals surface area contributed by atoms with Crippen LogP contribution >= 0.6 is 0 Å². The number of halogens is 5. The fraction of sp³-hybridized carbons (Fsp3) is 0.185. The maximum Gasteiger partial charge on any atom is 0.417 e. The van der Waals surface area contributed by atoms with Gasteiger partial charge in [0.05, 0.1) is 35.8 Å². The van der Waals surface area contributed by atoms with E-state index in [9.17, 15) is 26.7 Å². The molecule has 0 unspecified atom stereocenters. The van der Waals surface area contributed by atoms with E-state index in [4.69, 9.17) is 5.11 Å². The fourth-order valence-corrected chi connectivity index (χ4v) is 3.59. The number of hydrogen-bond acceptors (Lipinski definition) is 7. The Morgan fingerprint density at radius 2 is 1.57 bits per heavy atom. The smallest absolute Gasteiger partial charge is 0.395 e. The number of carbonyl (C=O) groups excluding carboxylic acids is 1. The lowest BCUT2D eigenvalue weighted by atomic mass is 10.1. The summed E-state index contributed by atoms with van der Waals surface area (Å²) in [4.78, 5) is 25.2. The van der Waals surface area contributed by atoms with Crippen molar-refractivity contribution in [3.05, 3.63) is 101 Å². The summed E-state index contributed by atoms with van der Waals surface area (Å²) in [6.07, 6.45) is -0.998.